The smallest absolute Gasteiger partial charge is 0.350 e. The minimum atomic E-state index is -0.487. The van der Waals surface area contributed by atoms with E-state index in [4.69, 9.17) is 9.47 Å². The molecule has 0 bridgehead atoms. The summed E-state index contributed by atoms with van der Waals surface area (Å²) in [5.41, 5.74) is 1.52. The van der Waals surface area contributed by atoms with Gasteiger partial charge < -0.3 is 19.7 Å². The number of aromatic nitrogens is 1. The number of carbonyl (C=O) groups excluding carboxylic acids is 3. The number of nitrogens with zero attached hydrogens (tertiary/aromatic N) is 2. The van der Waals surface area contributed by atoms with Gasteiger partial charge in [0.25, 0.3) is 0 Å². The highest BCUT2D eigenvalue weighted by Crippen LogP contribution is 2.26. The van der Waals surface area contributed by atoms with Gasteiger partial charge in [0.1, 0.15) is 10.6 Å². The molecular formula is C20H23N3O5S. The van der Waals surface area contributed by atoms with E-state index in [1.807, 2.05) is 24.3 Å². The van der Waals surface area contributed by atoms with Crippen molar-refractivity contribution in [3.63, 3.8) is 0 Å². The van der Waals surface area contributed by atoms with Crippen molar-refractivity contribution < 1.29 is 23.9 Å². The molecule has 8 nitrogen and oxygen atoms in total. The number of ether oxygens (including phenoxy) is 2. The predicted molar refractivity (Wildman–Crippen MR) is 108 cm³/mol. The van der Waals surface area contributed by atoms with Gasteiger partial charge in [0.15, 0.2) is 5.13 Å². The topological polar surface area (TPSA) is 97.8 Å². The fourth-order valence-corrected chi connectivity index (χ4v) is 4.16. The maximum atomic E-state index is 12.6. The van der Waals surface area contributed by atoms with E-state index in [1.54, 1.807) is 18.9 Å². The third kappa shape index (κ3) is 4.73. The van der Waals surface area contributed by atoms with Gasteiger partial charge in [-0.15, -0.1) is 0 Å². The molecule has 1 aliphatic heterocycles. The Morgan fingerprint density at radius 1 is 1.31 bits per heavy atom. The van der Waals surface area contributed by atoms with Gasteiger partial charge in [0.2, 0.25) is 11.8 Å². The van der Waals surface area contributed by atoms with E-state index in [0.29, 0.717) is 35.2 Å². The molecule has 1 aromatic carbocycles. The van der Waals surface area contributed by atoms with Crippen LogP contribution in [0.5, 0.6) is 5.75 Å². The quantitative estimate of drug-likeness (QED) is 0.694. The molecule has 0 radical (unpaired) electrons. The van der Waals surface area contributed by atoms with Crippen LogP contribution in [0.15, 0.2) is 24.3 Å². The molecule has 1 unspecified atom stereocenters. The summed E-state index contributed by atoms with van der Waals surface area (Å²) in [5, 5.41) is 3.05. The Bertz CT molecular complexity index is 927. The normalized spacial score (nSPS) is 16.0. The Labute approximate surface area is 172 Å². The highest BCUT2D eigenvalue weighted by atomic mass is 32.1. The largest absolute Gasteiger partial charge is 0.496 e. The van der Waals surface area contributed by atoms with Crippen LogP contribution in [0, 0.1) is 12.8 Å². The molecule has 2 amide bonds. The fraction of sp³-hybridized carbons (Fsp3) is 0.400. The molecule has 2 heterocycles. The lowest BCUT2D eigenvalue weighted by molar-refractivity contribution is -0.128. The molecule has 29 heavy (non-hydrogen) atoms. The zero-order valence-electron chi connectivity index (χ0n) is 16.6. The van der Waals surface area contributed by atoms with Gasteiger partial charge in [-0.05, 0) is 25.0 Å². The van der Waals surface area contributed by atoms with E-state index in [-0.39, 0.29) is 18.2 Å². The molecule has 154 valence electrons. The van der Waals surface area contributed by atoms with Gasteiger partial charge in [0.05, 0.1) is 25.8 Å². The monoisotopic (exact) mass is 417 g/mol. The van der Waals surface area contributed by atoms with Crippen molar-refractivity contribution >= 4 is 34.3 Å². The molecule has 1 saturated heterocycles. The molecule has 0 aliphatic carbocycles. The van der Waals surface area contributed by atoms with Crippen molar-refractivity contribution in [2.24, 2.45) is 5.92 Å². The first kappa shape index (κ1) is 20.8. The maximum Gasteiger partial charge on any atom is 0.350 e. The van der Waals surface area contributed by atoms with Crippen LogP contribution in [0.3, 0.4) is 0 Å². The summed E-state index contributed by atoms with van der Waals surface area (Å²) in [6.07, 6.45) is 0.810. The molecule has 0 saturated carbocycles. The fourth-order valence-electron chi connectivity index (χ4n) is 3.27. The second kappa shape index (κ2) is 9.04. The van der Waals surface area contributed by atoms with Crippen LogP contribution in [0.25, 0.3) is 0 Å². The number of benzene rings is 1. The molecule has 0 spiro atoms. The molecule has 3 rings (SSSR count). The summed E-state index contributed by atoms with van der Waals surface area (Å²) in [6.45, 7) is 2.55. The van der Waals surface area contributed by atoms with Crippen molar-refractivity contribution in [1.82, 2.24) is 9.88 Å². The third-order valence-electron chi connectivity index (χ3n) is 4.83. The Hall–Kier alpha value is -2.94. The summed E-state index contributed by atoms with van der Waals surface area (Å²) in [4.78, 5) is 42.9. The standard InChI is InChI=1S/C20H23N3O5S/c1-12-17(19(26)28-3)29-20(21-12)22-18(25)14-10-16(24)23(11-14)9-8-13-6-4-5-7-15(13)27-2/h4-7,14H,8-11H2,1-3H3,(H,21,22,25). The Morgan fingerprint density at radius 2 is 2.07 bits per heavy atom. The number of para-hydroxylation sites is 1. The van der Waals surface area contributed by atoms with Crippen molar-refractivity contribution in [2.45, 2.75) is 19.8 Å². The molecular weight excluding hydrogens is 394 g/mol. The van der Waals surface area contributed by atoms with Gasteiger partial charge >= 0.3 is 5.97 Å². The number of aryl methyl sites for hydroxylation is 1. The van der Waals surface area contributed by atoms with Gasteiger partial charge in [-0.3, -0.25) is 9.59 Å². The van der Waals surface area contributed by atoms with E-state index in [2.05, 4.69) is 10.3 Å². The zero-order chi connectivity index (χ0) is 21.0. The number of methoxy groups -OCH3 is 2. The highest BCUT2D eigenvalue weighted by Gasteiger charge is 2.34. The minimum Gasteiger partial charge on any atom is -0.496 e. The minimum absolute atomic E-state index is 0.0504. The number of hydrogen-bond donors (Lipinski definition) is 1. The molecule has 1 N–H and O–H groups in total. The van der Waals surface area contributed by atoms with E-state index >= 15 is 0 Å². The Kier molecular flexibility index (Phi) is 6.48. The summed E-state index contributed by atoms with van der Waals surface area (Å²) in [7, 11) is 2.91. The summed E-state index contributed by atoms with van der Waals surface area (Å²) in [5.74, 6) is -0.479. The van der Waals surface area contributed by atoms with E-state index in [1.165, 1.54) is 7.11 Å². The average molecular weight is 417 g/mol. The molecule has 9 heteroatoms. The lowest BCUT2D eigenvalue weighted by Gasteiger charge is -2.17. The third-order valence-corrected chi connectivity index (χ3v) is 5.88. The molecule has 1 atom stereocenters. The number of carbonyl (C=O) groups is 3. The van der Waals surface area contributed by atoms with Gasteiger partial charge in [-0.2, -0.15) is 0 Å². The van der Waals surface area contributed by atoms with Gasteiger partial charge in [-0.1, -0.05) is 29.5 Å². The van der Waals surface area contributed by atoms with Crippen molar-refractivity contribution in [3.8, 4) is 5.75 Å². The van der Waals surface area contributed by atoms with Crippen LogP contribution in [0.4, 0.5) is 5.13 Å². The molecule has 1 aliphatic rings. The highest BCUT2D eigenvalue weighted by molar-refractivity contribution is 7.17. The van der Waals surface area contributed by atoms with Crippen molar-refractivity contribution in [3.05, 3.63) is 40.4 Å². The van der Waals surface area contributed by atoms with Crippen LogP contribution < -0.4 is 10.1 Å². The number of thiazole rings is 1. The first-order valence-electron chi connectivity index (χ1n) is 9.19. The first-order valence-corrected chi connectivity index (χ1v) is 10.0. The maximum absolute atomic E-state index is 12.6. The number of rotatable bonds is 7. The number of anilines is 1. The van der Waals surface area contributed by atoms with Crippen LogP contribution in [0.1, 0.15) is 27.3 Å². The number of esters is 1. The SMILES string of the molecule is COC(=O)c1sc(NC(=O)C2CC(=O)N(CCc3ccccc3OC)C2)nc1C. The van der Waals surface area contributed by atoms with Crippen LogP contribution in [0.2, 0.25) is 0 Å². The van der Waals surface area contributed by atoms with Crippen molar-refractivity contribution in [1.29, 1.82) is 0 Å². The lowest BCUT2D eigenvalue weighted by atomic mass is 10.1. The number of likely N-dealkylation sites (tertiary alicyclic amines) is 1. The number of hydrogen-bond acceptors (Lipinski definition) is 7. The molecule has 1 aromatic heterocycles. The second-order valence-corrected chi connectivity index (χ2v) is 7.72. The summed E-state index contributed by atoms with van der Waals surface area (Å²) < 4.78 is 10.0. The lowest BCUT2D eigenvalue weighted by Crippen LogP contribution is -2.30. The molecule has 2 aromatic rings. The van der Waals surface area contributed by atoms with Gasteiger partial charge in [-0.25, -0.2) is 9.78 Å². The Balaban J connectivity index is 1.58. The van der Waals surface area contributed by atoms with E-state index < -0.39 is 11.9 Å². The Morgan fingerprint density at radius 3 is 2.79 bits per heavy atom. The zero-order valence-corrected chi connectivity index (χ0v) is 17.4. The van der Waals surface area contributed by atoms with Crippen LogP contribution >= 0.6 is 11.3 Å². The van der Waals surface area contributed by atoms with Crippen molar-refractivity contribution in [2.75, 3.05) is 32.6 Å². The van der Waals surface area contributed by atoms with E-state index in [9.17, 15) is 14.4 Å². The van der Waals surface area contributed by atoms with E-state index in [0.717, 1.165) is 22.6 Å². The average Bonchev–Trinajstić information content (AvgIpc) is 3.28. The first-order chi connectivity index (χ1) is 13.9. The summed E-state index contributed by atoms with van der Waals surface area (Å²) in [6, 6.07) is 7.68. The van der Waals surface area contributed by atoms with Crippen LogP contribution in [-0.2, 0) is 20.7 Å². The second-order valence-electron chi connectivity index (χ2n) is 6.72. The predicted octanol–water partition coefficient (Wildman–Crippen LogP) is 2.28. The molecule has 1 fully saturated rings. The number of nitrogens with one attached hydrogen (secondary N) is 1. The van der Waals surface area contributed by atoms with Crippen LogP contribution in [-0.4, -0.2) is 55.0 Å². The summed E-state index contributed by atoms with van der Waals surface area (Å²) >= 11 is 1.06. The van der Waals surface area contributed by atoms with Gasteiger partial charge in [0, 0.05) is 19.5 Å². The number of amides is 2.